The summed E-state index contributed by atoms with van der Waals surface area (Å²) in [5, 5.41) is 6.76. The van der Waals surface area contributed by atoms with Gasteiger partial charge in [-0.3, -0.25) is 4.57 Å². The molecule has 4 saturated carbocycles. The van der Waals surface area contributed by atoms with E-state index in [1.165, 1.54) is 0 Å². The predicted octanol–water partition coefficient (Wildman–Crippen LogP) is 2.90. The molecule has 0 radical (unpaired) electrons. The molecule has 8 rings (SSSR count). The second-order valence-corrected chi connectivity index (χ2v) is 14.0. The highest BCUT2D eigenvalue weighted by Gasteiger charge is 2.54. The van der Waals surface area contributed by atoms with Crippen molar-refractivity contribution in [1.29, 1.82) is 0 Å². The van der Waals surface area contributed by atoms with E-state index in [-0.39, 0.29) is 11.9 Å². The Morgan fingerprint density at radius 3 is 1.59 bits per heavy atom. The third-order valence-electron chi connectivity index (χ3n) is 8.05. The Balaban J connectivity index is 0.982. The van der Waals surface area contributed by atoms with Gasteiger partial charge in [0.15, 0.2) is 34.0 Å². The molecule has 4 aromatic rings. The first-order valence-corrected chi connectivity index (χ1v) is 16.2. The highest BCUT2D eigenvalue weighted by atomic mass is 31.2. The minimum atomic E-state index is -3.43. The third kappa shape index (κ3) is 5.06. The quantitative estimate of drug-likeness (QED) is 0.179. The van der Waals surface area contributed by atoms with E-state index in [1.54, 1.807) is 19.3 Å². The van der Waals surface area contributed by atoms with E-state index in [2.05, 4.69) is 40.5 Å². The Kier molecular flexibility index (Phi) is 5.36. The summed E-state index contributed by atoms with van der Waals surface area (Å²) in [6, 6.07) is 0.806. The molecule has 16 heteroatoms. The summed E-state index contributed by atoms with van der Waals surface area (Å²) in [7, 11) is -3.43. The Bertz CT molecular complexity index is 1600. The van der Waals surface area contributed by atoms with Crippen molar-refractivity contribution >= 4 is 53.5 Å². The summed E-state index contributed by atoms with van der Waals surface area (Å²) in [4.78, 5) is 26.7. The van der Waals surface area contributed by atoms with E-state index >= 15 is 0 Å². The molecule has 6 N–H and O–H groups in total. The highest BCUT2D eigenvalue weighted by molar-refractivity contribution is 7.53. The van der Waals surface area contributed by atoms with Gasteiger partial charge in [-0.2, -0.15) is 19.9 Å². The van der Waals surface area contributed by atoms with Crippen LogP contribution in [0.4, 0.5) is 23.5 Å². The van der Waals surface area contributed by atoms with Crippen LogP contribution in [0.25, 0.3) is 22.3 Å². The van der Waals surface area contributed by atoms with Crippen LogP contribution < -0.4 is 22.1 Å². The predicted molar refractivity (Wildman–Crippen MR) is 152 cm³/mol. The molecule has 4 fully saturated rings. The van der Waals surface area contributed by atoms with Gasteiger partial charge < -0.3 is 40.3 Å². The number of nitrogens with zero attached hydrogens (tertiary/aromatic N) is 8. The summed E-state index contributed by atoms with van der Waals surface area (Å²) in [5.74, 6) is 1.66. The third-order valence-corrected chi connectivity index (χ3v) is 9.49. The number of nitrogens with two attached hydrogens (primary N) is 2. The molecule has 41 heavy (non-hydrogen) atoms. The van der Waals surface area contributed by atoms with Crippen molar-refractivity contribution in [2.45, 2.75) is 87.7 Å². The van der Waals surface area contributed by atoms with Gasteiger partial charge in [-0.1, -0.05) is 0 Å². The molecule has 4 aliphatic carbocycles. The zero-order valence-electron chi connectivity index (χ0n) is 22.8. The number of rotatable bonds is 12. The van der Waals surface area contributed by atoms with Gasteiger partial charge in [-0.15, -0.1) is 0 Å². The molecule has 15 nitrogen and oxygen atoms in total. The van der Waals surface area contributed by atoms with E-state index < -0.39 is 18.8 Å². The number of aromatic nitrogens is 8. The molecule has 0 bridgehead atoms. The van der Waals surface area contributed by atoms with Crippen LogP contribution in [-0.4, -0.2) is 69.0 Å². The smallest absolute Gasteiger partial charge is 0.328 e. The second-order valence-electron chi connectivity index (χ2n) is 12.1. The molecular weight excluding hydrogens is 547 g/mol. The van der Waals surface area contributed by atoms with Crippen LogP contribution >= 0.6 is 7.60 Å². The normalized spacial score (nSPS) is 20.9. The lowest BCUT2D eigenvalue weighted by Gasteiger charge is -2.26. The minimum absolute atomic E-state index is 0.183. The van der Waals surface area contributed by atoms with Crippen LogP contribution in [0.1, 0.15) is 51.4 Å². The number of nitrogens with one attached hydrogen (secondary N) is 2. The Morgan fingerprint density at radius 1 is 0.805 bits per heavy atom. The molecule has 4 aliphatic rings. The first kappa shape index (κ1) is 25.2. The van der Waals surface area contributed by atoms with Gasteiger partial charge in [0.05, 0.1) is 36.9 Å². The summed E-state index contributed by atoms with van der Waals surface area (Å²) in [6.45, 7) is 2.44. The number of fused-ring (bicyclic) bond motifs is 2. The van der Waals surface area contributed by atoms with Crippen molar-refractivity contribution < 1.29 is 13.6 Å². The maximum absolute atomic E-state index is 13.8. The van der Waals surface area contributed by atoms with Crippen LogP contribution in [0, 0.1) is 0 Å². The molecule has 4 aromatic heterocycles. The summed E-state index contributed by atoms with van der Waals surface area (Å²) >= 11 is 0. The minimum Gasteiger partial charge on any atom is -0.368 e. The first-order chi connectivity index (χ1) is 19.7. The fourth-order valence-corrected chi connectivity index (χ4v) is 7.30. The lowest BCUT2D eigenvalue weighted by atomic mass is 10.3. The first-order valence-electron chi connectivity index (χ1n) is 14.2. The largest absolute Gasteiger partial charge is 0.368 e. The van der Waals surface area contributed by atoms with E-state index in [1.807, 2.05) is 9.13 Å². The van der Waals surface area contributed by atoms with Gasteiger partial charge >= 0.3 is 7.60 Å². The van der Waals surface area contributed by atoms with E-state index in [4.69, 9.17) is 20.5 Å². The van der Waals surface area contributed by atoms with E-state index in [0.717, 1.165) is 51.4 Å². The monoisotopic (exact) mass is 580 g/mol. The van der Waals surface area contributed by atoms with Crippen molar-refractivity contribution in [2.75, 3.05) is 28.8 Å². The van der Waals surface area contributed by atoms with Crippen molar-refractivity contribution in [3.8, 4) is 0 Å². The molecule has 0 amide bonds. The zero-order valence-corrected chi connectivity index (χ0v) is 23.7. The second kappa shape index (κ2) is 8.73. The summed E-state index contributed by atoms with van der Waals surface area (Å²) in [5.41, 5.74) is 13.4. The lowest BCUT2D eigenvalue weighted by Crippen LogP contribution is -2.25. The van der Waals surface area contributed by atoms with Crippen LogP contribution in [0.2, 0.25) is 0 Å². The highest BCUT2D eigenvalue weighted by Crippen LogP contribution is 2.62. The fourth-order valence-electron chi connectivity index (χ4n) is 5.38. The van der Waals surface area contributed by atoms with Gasteiger partial charge in [0.1, 0.15) is 0 Å². The van der Waals surface area contributed by atoms with E-state index in [9.17, 15) is 4.57 Å². The lowest BCUT2D eigenvalue weighted by molar-refractivity contribution is 0.0778. The molecule has 0 aromatic carbocycles. The van der Waals surface area contributed by atoms with Gasteiger partial charge in [0, 0.05) is 18.7 Å². The van der Waals surface area contributed by atoms with Crippen molar-refractivity contribution in [3.63, 3.8) is 0 Å². The van der Waals surface area contributed by atoms with Crippen molar-refractivity contribution in [1.82, 2.24) is 39.0 Å². The standard InChI is InChI=1S/C25H33N12O3P/c1-41(38,39-24(6-7-24)10-36-12-28-16-18(30-14-2-3-14)32-22(26)34-20(16)36)40-25(8-9-25)11-37-13-29-17-19(31-15-4-5-15)33-23(27)35-21(17)37/h12-15H,2-11H2,1H3,(H3,26,30,32,34)(H3,27,31,33,35). The van der Waals surface area contributed by atoms with Gasteiger partial charge in [-0.25, -0.2) is 9.97 Å². The molecular formula is C25H33N12O3P. The van der Waals surface area contributed by atoms with Gasteiger partial charge in [0.25, 0.3) is 0 Å². The van der Waals surface area contributed by atoms with Crippen LogP contribution in [0.15, 0.2) is 12.7 Å². The van der Waals surface area contributed by atoms with Crippen molar-refractivity contribution in [3.05, 3.63) is 12.7 Å². The average Bonchev–Trinajstić information content (AvgIpc) is 3.71. The number of hydrogen-bond donors (Lipinski definition) is 4. The molecule has 4 heterocycles. The van der Waals surface area contributed by atoms with Crippen molar-refractivity contribution in [2.24, 2.45) is 0 Å². The van der Waals surface area contributed by atoms with Crippen LogP contribution in [0.3, 0.4) is 0 Å². The summed E-state index contributed by atoms with van der Waals surface area (Å²) in [6.07, 6.45) is 10.9. The maximum Gasteiger partial charge on any atom is 0.328 e. The number of hydrogen-bond acceptors (Lipinski definition) is 13. The fraction of sp³-hybridized carbons (Fsp3) is 0.600. The molecule has 0 unspecified atom stereocenters. The Labute approximate surface area is 235 Å². The topological polar surface area (TPSA) is 199 Å². The van der Waals surface area contributed by atoms with Crippen LogP contribution in [0.5, 0.6) is 0 Å². The van der Waals surface area contributed by atoms with Crippen LogP contribution in [-0.2, 0) is 26.7 Å². The molecule has 216 valence electrons. The molecule has 0 atom stereocenters. The number of anilines is 4. The number of imidazole rings is 2. The van der Waals surface area contributed by atoms with Gasteiger partial charge in [0.2, 0.25) is 11.9 Å². The van der Waals surface area contributed by atoms with Gasteiger partial charge in [-0.05, 0) is 51.4 Å². The number of nitrogen functional groups attached to an aromatic ring is 2. The maximum atomic E-state index is 13.8. The zero-order chi connectivity index (χ0) is 28.0. The Hall–Kier alpha value is -3.55. The average molecular weight is 581 g/mol. The van der Waals surface area contributed by atoms with E-state index in [0.29, 0.717) is 59.1 Å². The Morgan fingerprint density at radius 2 is 1.22 bits per heavy atom. The molecule has 0 aliphatic heterocycles. The summed E-state index contributed by atoms with van der Waals surface area (Å²) < 4.78 is 30.1. The molecule has 0 spiro atoms. The SMILES string of the molecule is CP(=O)(OC1(Cn2cnc3c(NC4CC4)nc(N)nc32)CC1)OC1(Cn2cnc3c(NC4CC4)nc(N)nc32)CC1. The molecule has 0 saturated heterocycles.